The molecule has 0 spiro atoms. The minimum absolute atomic E-state index is 0.0819. The molecule has 0 radical (unpaired) electrons. The van der Waals surface area contributed by atoms with Crippen LogP contribution in [0.15, 0.2) is 24.3 Å². The number of ether oxygens (including phenoxy) is 1. The summed E-state index contributed by atoms with van der Waals surface area (Å²) < 4.78 is 26.7. The molecule has 0 aliphatic rings. The summed E-state index contributed by atoms with van der Waals surface area (Å²) in [7, 11) is -2.76. The van der Waals surface area contributed by atoms with Crippen molar-refractivity contribution in [2.24, 2.45) is 0 Å². The smallest absolute Gasteiger partial charge is 0.497 e. The predicted octanol–water partition coefficient (Wildman–Crippen LogP) is 3.67. The van der Waals surface area contributed by atoms with Crippen molar-refractivity contribution in [1.29, 1.82) is 0 Å². The van der Waals surface area contributed by atoms with Crippen LogP contribution in [-0.2, 0) is 13.9 Å². The number of phosphoric ester groups is 1. The van der Waals surface area contributed by atoms with Crippen LogP contribution in [0, 0.1) is 0 Å². The highest BCUT2D eigenvalue weighted by molar-refractivity contribution is 7.47. The topological polar surface area (TPSA) is 94.1 Å². The second kappa shape index (κ2) is 11.9. The van der Waals surface area contributed by atoms with Crippen molar-refractivity contribution < 1.29 is 28.0 Å². The molecule has 0 aromatic heterocycles. The largest absolute Gasteiger partial charge is 0.527 e. The van der Waals surface area contributed by atoms with E-state index in [2.05, 4.69) is 12.2 Å². The summed E-state index contributed by atoms with van der Waals surface area (Å²) in [4.78, 5) is 21.3. The Morgan fingerprint density at radius 3 is 2.64 bits per heavy atom. The van der Waals surface area contributed by atoms with E-state index in [1.165, 1.54) is 32.1 Å². The first-order chi connectivity index (χ1) is 12.0. The average molecular weight is 373 g/mol. The molecule has 0 heterocycles. The van der Waals surface area contributed by atoms with Crippen LogP contribution in [0.2, 0.25) is 0 Å². The molecule has 1 atom stereocenters. The van der Waals surface area contributed by atoms with Crippen LogP contribution >= 0.6 is 7.82 Å². The first-order valence-corrected chi connectivity index (χ1v) is 10.0. The van der Waals surface area contributed by atoms with Gasteiger partial charge in [-0.15, -0.1) is 0 Å². The van der Waals surface area contributed by atoms with Crippen LogP contribution in [-0.4, -0.2) is 31.1 Å². The lowest BCUT2D eigenvalue weighted by Crippen LogP contribution is -2.26. The molecular weight excluding hydrogens is 345 g/mol. The Morgan fingerprint density at radius 1 is 1.20 bits per heavy atom. The van der Waals surface area contributed by atoms with Gasteiger partial charge in [0.25, 0.3) is 0 Å². The molecule has 0 bridgehead atoms. The minimum Gasteiger partial charge on any atom is -0.497 e. The lowest BCUT2D eigenvalue weighted by molar-refractivity contribution is -0.121. The van der Waals surface area contributed by atoms with Gasteiger partial charge in [-0.25, -0.2) is 4.57 Å². The fraction of sp³-hybridized carbons (Fsp3) is 0.588. The van der Waals surface area contributed by atoms with Crippen LogP contribution in [0.3, 0.4) is 0 Å². The summed E-state index contributed by atoms with van der Waals surface area (Å²) >= 11 is 0. The second-order valence-electron chi connectivity index (χ2n) is 5.59. The first kappa shape index (κ1) is 21.5. The molecule has 2 N–H and O–H groups in total. The molecule has 0 aliphatic heterocycles. The van der Waals surface area contributed by atoms with Gasteiger partial charge in [-0.05, 0) is 18.6 Å². The van der Waals surface area contributed by atoms with E-state index in [1.54, 1.807) is 12.1 Å². The standard InChI is InChI=1S/C17H28NO6P/c1-3-4-5-6-7-11-17(19)18-12-13-23-25(20,21)24-16-10-8-9-15(14-16)22-2/h8-10,14H,3-7,11-13H2,1-2H3,(H,18,19)(H,20,21). The van der Waals surface area contributed by atoms with Crippen molar-refractivity contribution in [3.63, 3.8) is 0 Å². The Kier molecular flexibility index (Phi) is 10.2. The Hall–Kier alpha value is -1.56. The van der Waals surface area contributed by atoms with E-state index >= 15 is 0 Å². The Morgan fingerprint density at radius 2 is 1.92 bits per heavy atom. The number of phosphoric acid groups is 1. The monoisotopic (exact) mass is 373 g/mol. The van der Waals surface area contributed by atoms with E-state index in [4.69, 9.17) is 13.8 Å². The lowest BCUT2D eigenvalue weighted by Gasteiger charge is -2.14. The molecule has 0 fully saturated rings. The fourth-order valence-corrected chi connectivity index (χ4v) is 2.90. The molecule has 1 aromatic carbocycles. The number of nitrogens with one attached hydrogen (secondary N) is 1. The molecule has 1 unspecified atom stereocenters. The summed E-state index contributed by atoms with van der Waals surface area (Å²) in [6, 6.07) is 6.32. The Labute approximate surface area is 149 Å². The third-order valence-electron chi connectivity index (χ3n) is 3.45. The number of carbonyl (C=O) groups excluding carboxylic acids is 1. The molecule has 7 nitrogen and oxygen atoms in total. The van der Waals surface area contributed by atoms with Gasteiger partial charge in [0.1, 0.15) is 11.5 Å². The third kappa shape index (κ3) is 10.1. The van der Waals surface area contributed by atoms with Crippen molar-refractivity contribution >= 4 is 13.7 Å². The maximum absolute atomic E-state index is 11.9. The predicted molar refractivity (Wildman–Crippen MR) is 95.8 cm³/mol. The molecule has 8 heteroatoms. The van der Waals surface area contributed by atoms with Crippen LogP contribution in [0.25, 0.3) is 0 Å². The number of unbranched alkanes of at least 4 members (excludes halogenated alkanes) is 4. The molecule has 25 heavy (non-hydrogen) atoms. The summed E-state index contributed by atoms with van der Waals surface area (Å²) in [5, 5.41) is 2.66. The number of benzene rings is 1. The molecule has 1 rings (SSSR count). The molecule has 0 aliphatic carbocycles. The minimum atomic E-state index is -4.25. The number of methoxy groups -OCH3 is 1. The van der Waals surface area contributed by atoms with E-state index < -0.39 is 7.82 Å². The van der Waals surface area contributed by atoms with Crippen molar-refractivity contribution in [2.75, 3.05) is 20.3 Å². The average Bonchev–Trinajstić information content (AvgIpc) is 2.58. The van der Waals surface area contributed by atoms with E-state index in [9.17, 15) is 14.3 Å². The highest BCUT2D eigenvalue weighted by atomic mass is 31.2. The highest BCUT2D eigenvalue weighted by Crippen LogP contribution is 2.44. The highest BCUT2D eigenvalue weighted by Gasteiger charge is 2.23. The number of hydrogen-bond donors (Lipinski definition) is 2. The maximum atomic E-state index is 11.9. The van der Waals surface area contributed by atoms with Crippen molar-refractivity contribution in [1.82, 2.24) is 5.32 Å². The zero-order valence-corrected chi connectivity index (χ0v) is 15.8. The summed E-state index contributed by atoms with van der Waals surface area (Å²) in [6.45, 7) is 2.18. The molecule has 0 saturated heterocycles. The molecule has 0 saturated carbocycles. The van der Waals surface area contributed by atoms with E-state index in [0.29, 0.717) is 12.2 Å². The van der Waals surface area contributed by atoms with Crippen molar-refractivity contribution in [3.05, 3.63) is 24.3 Å². The lowest BCUT2D eigenvalue weighted by atomic mass is 10.1. The van der Waals surface area contributed by atoms with E-state index in [0.717, 1.165) is 19.3 Å². The fourth-order valence-electron chi connectivity index (χ4n) is 2.15. The summed E-state index contributed by atoms with van der Waals surface area (Å²) in [6.07, 6.45) is 5.85. The van der Waals surface area contributed by atoms with Crippen LogP contribution < -0.4 is 14.6 Å². The van der Waals surface area contributed by atoms with E-state index in [-0.39, 0.29) is 24.8 Å². The molecule has 1 aromatic rings. The summed E-state index contributed by atoms with van der Waals surface area (Å²) in [5.74, 6) is 0.589. The van der Waals surface area contributed by atoms with Gasteiger partial charge in [-0.2, -0.15) is 0 Å². The second-order valence-corrected chi connectivity index (χ2v) is 6.96. The molecular formula is C17H28NO6P. The van der Waals surface area contributed by atoms with Crippen LogP contribution in [0.5, 0.6) is 11.5 Å². The molecule has 142 valence electrons. The van der Waals surface area contributed by atoms with E-state index in [1.807, 2.05) is 0 Å². The number of hydrogen-bond acceptors (Lipinski definition) is 5. The van der Waals surface area contributed by atoms with Crippen LogP contribution in [0.1, 0.15) is 45.4 Å². The zero-order chi connectivity index (χ0) is 18.5. The van der Waals surface area contributed by atoms with Crippen LogP contribution in [0.4, 0.5) is 0 Å². The van der Waals surface area contributed by atoms with Gasteiger partial charge < -0.3 is 14.6 Å². The SMILES string of the molecule is CCCCCCCC(=O)NCCOP(=O)(O)Oc1cccc(OC)c1. The summed E-state index contributed by atoms with van der Waals surface area (Å²) in [5.41, 5.74) is 0. The number of amides is 1. The van der Waals surface area contributed by atoms with Gasteiger partial charge >= 0.3 is 7.82 Å². The zero-order valence-electron chi connectivity index (χ0n) is 14.9. The normalized spacial score (nSPS) is 13.1. The van der Waals surface area contributed by atoms with Gasteiger partial charge in [0, 0.05) is 19.0 Å². The molecule has 1 amide bonds. The quantitative estimate of drug-likeness (QED) is 0.405. The Bertz CT molecular complexity index is 566. The number of carbonyl (C=O) groups is 1. The van der Waals surface area contributed by atoms with Gasteiger partial charge in [0.05, 0.1) is 13.7 Å². The van der Waals surface area contributed by atoms with Gasteiger partial charge in [0.2, 0.25) is 5.91 Å². The van der Waals surface area contributed by atoms with Gasteiger partial charge in [-0.1, -0.05) is 38.7 Å². The van der Waals surface area contributed by atoms with Crippen molar-refractivity contribution in [3.8, 4) is 11.5 Å². The third-order valence-corrected chi connectivity index (χ3v) is 4.40. The first-order valence-electron chi connectivity index (χ1n) is 8.54. The van der Waals surface area contributed by atoms with Gasteiger partial charge in [-0.3, -0.25) is 14.2 Å². The van der Waals surface area contributed by atoms with Gasteiger partial charge in [0.15, 0.2) is 0 Å². The van der Waals surface area contributed by atoms with Crippen molar-refractivity contribution in [2.45, 2.75) is 45.4 Å². The maximum Gasteiger partial charge on any atom is 0.527 e. The Balaban J connectivity index is 2.21. The number of rotatable bonds is 13.